The first kappa shape index (κ1) is 14.6. The highest BCUT2D eigenvalue weighted by molar-refractivity contribution is 6.08. The van der Waals surface area contributed by atoms with Crippen LogP contribution >= 0.6 is 0 Å². The summed E-state index contributed by atoms with van der Waals surface area (Å²) in [6.45, 7) is 4.62. The van der Waals surface area contributed by atoms with Gasteiger partial charge in [-0.3, -0.25) is 9.79 Å². The lowest BCUT2D eigenvalue weighted by molar-refractivity contribution is 0.102. The molecule has 0 unspecified atom stereocenters. The molecule has 0 saturated carbocycles. The van der Waals surface area contributed by atoms with Crippen molar-refractivity contribution in [2.24, 2.45) is 12.0 Å². The minimum Gasteiger partial charge on any atom is -0.322 e. The van der Waals surface area contributed by atoms with E-state index < -0.39 is 0 Å². The predicted octanol–water partition coefficient (Wildman–Crippen LogP) is 2.85. The number of benzene rings is 2. The molecule has 1 aliphatic heterocycles. The quantitative estimate of drug-likeness (QED) is 0.789. The zero-order valence-electron chi connectivity index (χ0n) is 13.8. The maximum atomic E-state index is 12.7. The van der Waals surface area contributed by atoms with Gasteiger partial charge in [-0.15, -0.1) is 0 Å². The van der Waals surface area contributed by atoms with Gasteiger partial charge in [0.15, 0.2) is 0 Å². The van der Waals surface area contributed by atoms with E-state index >= 15 is 0 Å². The number of anilines is 1. The van der Waals surface area contributed by atoms with Gasteiger partial charge in [0.2, 0.25) is 0 Å². The molecule has 3 aromatic rings. The summed E-state index contributed by atoms with van der Waals surface area (Å²) >= 11 is 0. The number of rotatable bonds is 2. The Morgan fingerprint density at radius 3 is 2.67 bits per heavy atom. The maximum absolute atomic E-state index is 12.7. The van der Waals surface area contributed by atoms with Gasteiger partial charge < -0.3 is 5.32 Å². The van der Waals surface area contributed by atoms with E-state index in [1.165, 1.54) is 10.4 Å². The fourth-order valence-electron chi connectivity index (χ4n) is 3.04. The molecule has 0 atom stereocenters. The van der Waals surface area contributed by atoms with E-state index in [1.807, 2.05) is 38.1 Å². The fourth-order valence-corrected chi connectivity index (χ4v) is 3.04. The van der Waals surface area contributed by atoms with Gasteiger partial charge in [0, 0.05) is 29.6 Å². The Labute approximate surface area is 139 Å². The molecule has 4 rings (SSSR count). The molecule has 0 fully saturated rings. The van der Waals surface area contributed by atoms with Crippen LogP contribution in [0.15, 0.2) is 35.3 Å². The molecule has 0 saturated heterocycles. The number of hydrogen-bond donors (Lipinski definition) is 1. The van der Waals surface area contributed by atoms with Crippen molar-refractivity contribution in [3.8, 4) is 0 Å². The molecule has 120 valence electrons. The Balaban J connectivity index is 1.66. The van der Waals surface area contributed by atoms with Crippen LogP contribution in [0, 0.1) is 6.92 Å². The van der Waals surface area contributed by atoms with E-state index in [-0.39, 0.29) is 5.91 Å². The number of hydrogen-bond acceptors (Lipinski definition) is 4. The number of aromatic nitrogens is 3. The molecule has 1 aliphatic rings. The van der Waals surface area contributed by atoms with Gasteiger partial charge in [-0.05, 0) is 49.2 Å². The van der Waals surface area contributed by atoms with Crippen molar-refractivity contribution in [2.45, 2.75) is 20.4 Å². The van der Waals surface area contributed by atoms with E-state index in [9.17, 15) is 4.79 Å². The predicted molar refractivity (Wildman–Crippen MR) is 93.6 cm³/mol. The third kappa shape index (κ3) is 2.36. The van der Waals surface area contributed by atoms with Gasteiger partial charge in [0.25, 0.3) is 5.91 Å². The van der Waals surface area contributed by atoms with Gasteiger partial charge in [-0.2, -0.15) is 15.0 Å². The van der Waals surface area contributed by atoms with Gasteiger partial charge in [0.1, 0.15) is 11.0 Å². The molecule has 2 aromatic carbocycles. The topological polar surface area (TPSA) is 72.2 Å². The van der Waals surface area contributed by atoms with E-state index in [0.29, 0.717) is 11.1 Å². The highest BCUT2D eigenvalue weighted by Gasteiger charge is 2.16. The molecule has 6 nitrogen and oxygen atoms in total. The lowest BCUT2D eigenvalue weighted by atomic mass is 10.0. The molecular formula is C18H17N5O. The summed E-state index contributed by atoms with van der Waals surface area (Å²) < 4.78 is 0. The summed E-state index contributed by atoms with van der Waals surface area (Å²) in [7, 11) is 1.77. The smallest absolute Gasteiger partial charge is 0.256 e. The molecule has 0 bridgehead atoms. The van der Waals surface area contributed by atoms with Gasteiger partial charge >= 0.3 is 0 Å². The standard InChI is InChI=1S/C18H17N5O/c1-10-6-16-17(22-23(3)21-16)8-14(10)18(24)20-13-5-4-12-9-19-11(2)15(12)7-13/h4-8H,9H2,1-3H3,(H,20,24). The largest absolute Gasteiger partial charge is 0.322 e. The Morgan fingerprint density at radius 1 is 1.12 bits per heavy atom. The molecule has 6 heteroatoms. The number of nitrogens with zero attached hydrogens (tertiary/aromatic N) is 4. The van der Waals surface area contributed by atoms with Crippen LogP contribution in [-0.2, 0) is 13.6 Å². The molecule has 2 heterocycles. The second-order valence-electron chi connectivity index (χ2n) is 6.07. The molecule has 0 spiro atoms. The van der Waals surface area contributed by atoms with E-state index in [1.54, 1.807) is 13.1 Å². The van der Waals surface area contributed by atoms with E-state index in [2.05, 4.69) is 20.5 Å². The van der Waals surface area contributed by atoms with E-state index in [0.717, 1.165) is 34.6 Å². The minimum absolute atomic E-state index is 0.146. The minimum atomic E-state index is -0.146. The first-order chi connectivity index (χ1) is 11.5. The first-order valence-electron chi connectivity index (χ1n) is 7.78. The molecule has 24 heavy (non-hydrogen) atoms. The second-order valence-corrected chi connectivity index (χ2v) is 6.07. The summed E-state index contributed by atoms with van der Waals surface area (Å²) in [5.41, 5.74) is 7.07. The third-order valence-corrected chi connectivity index (χ3v) is 4.32. The van der Waals surface area contributed by atoms with Crippen LogP contribution in [0.4, 0.5) is 5.69 Å². The number of amides is 1. The molecule has 1 amide bonds. The zero-order valence-corrected chi connectivity index (χ0v) is 13.8. The molecule has 1 N–H and O–H groups in total. The van der Waals surface area contributed by atoms with Crippen molar-refractivity contribution < 1.29 is 4.79 Å². The van der Waals surface area contributed by atoms with Crippen LogP contribution in [0.3, 0.4) is 0 Å². The summed E-state index contributed by atoms with van der Waals surface area (Å²) in [6, 6.07) is 9.59. The number of aryl methyl sites for hydroxylation is 2. The number of carbonyl (C=O) groups excluding carboxylic acids is 1. The second kappa shape index (κ2) is 5.26. The third-order valence-electron chi connectivity index (χ3n) is 4.32. The van der Waals surface area contributed by atoms with E-state index in [4.69, 9.17) is 0 Å². The Bertz CT molecular complexity index is 1020. The monoisotopic (exact) mass is 319 g/mol. The number of carbonyl (C=O) groups is 1. The van der Waals surface area contributed by atoms with Crippen molar-refractivity contribution in [2.75, 3.05) is 5.32 Å². The summed E-state index contributed by atoms with van der Waals surface area (Å²) in [6.07, 6.45) is 0. The van der Waals surface area contributed by atoms with Gasteiger partial charge in [-0.25, -0.2) is 0 Å². The molecule has 0 aliphatic carbocycles. The lowest BCUT2D eigenvalue weighted by Crippen LogP contribution is -2.14. The Morgan fingerprint density at radius 2 is 1.88 bits per heavy atom. The van der Waals surface area contributed by atoms with Crippen molar-refractivity contribution >= 4 is 28.3 Å². The highest BCUT2D eigenvalue weighted by Crippen LogP contribution is 2.24. The van der Waals surface area contributed by atoms with Crippen molar-refractivity contribution in [1.82, 2.24) is 15.0 Å². The summed E-state index contributed by atoms with van der Waals surface area (Å²) in [4.78, 5) is 18.6. The number of fused-ring (bicyclic) bond motifs is 2. The zero-order chi connectivity index (χ0) is 16.8. The highest BCUT2D eigenvalue weighted by atomic mass is 16.1. The SMILES string of the molecule is CC1=NCc2ccc(NC(=O)c3cc4nn(C)nc4cc3C)cc21. The van der Waals surface area contributed by atoms with Crippen LogP contribution in [0.1, 0.15) is 34.0 Å². The average Bonchev–Trinajstić information content (AvgIpc) is 3.08. The fraction of sp³-hybridized carbons (Fsp3) is 0.222. The number of aliphatic imine (C=N–C) groups is 1. The van der Waals surface area contributed by atoms with Gasteiger partial charge in [0.05, 0.1) is 6.54 Å². The van der Waals surface area contributed by atoms with Crippen LogP contribution in [0.25, 0.3) is 11.0 Å². The molecule has 1 aromatic heterocycles. The molecular weight excluding hydrogens is 302 g/mol. The molecule has 0 radical (unpaired) electrons. The average molecular weight is 319 g/mol. The normalized spacial score (nSPS) is 13.0. The Kier molecular flexibility index (Phi) is 3.19. The van der Waals surface area contributed by atoms with Crippen LogP contribution in [-0.4, -0.2) is 26.6 Å². The maximum Gasteiger partial charge on any atom is 0.256 e. The summed E-state index contributed by atoms with van der Waals surface area (Å²) in [5, 5.41) is 11.5. The first-order valence-corrected chi connectivity index (χ1v) is 7.78. The number of nitrogens with one attached hydrogen (secondary N) is 1. The Hall–Kier alpha value is -3.02. The van der Waals surface area contributed by atoms with Gasteiger partial charge in [-0.1, -0.05) is 6.07 Å². The summed E-state index contributed by atoms with van der Waals surface area (Å²) in [5.74, 6) is -0.146. The van der Waals surface area contributed by atoms with Crippen LogP contribution in [0.5, 0.6) is 0 Å². The van der Waals surface area contributed by atoms with Crippen LogP contribution in [0.2, 0.25) is 0 Å². The van der Waals surface area contributed by atoms with Crippen molar-refractivity contribution in [1.29, 1.82) is 0 Å². The van der Waals surface area contributed by atoms with Crippen molar-refractivity contribution in [3.05, 3.63) is 52.6 Å². The van der Waals surface area contributed by atoms with Crippen molar-refractivity contribution in [3.63, 3.8) is 0 Å². The van der Waals surface area contributed by atoms with Crippen LogP contribution < -0.4 is 5.32 Å². The lowest BCUT2D eigenvalue weighted by Gasteiger charge is -2.09.